The van der Waals surface area contributed by atoms with Crippen molar-refractivity contribution in [3.63, 3.8) is 0 Å². The normalized spacial score (nSPS) is 20.9. The van der Waals surface area contributed by atoms with Gasteiger partial charge in [-0.05, 0) is 74.9 Å². The summed E-state index contributed by atoms with van der Waals surface area (Å²) in [6.45, 7) is 7.95. The third kappa shape index (κ3) is 3.58. The summed E-state index contributed by atoms with van der Waals surface area (Å²) < 4.78 is 19.5. The molecule has 0 radical (unpaired) electrons. The molecule has 0 saturated carbocycles. The van der Waals surface area contributed by atoms with E-state index in [4.69, 9.17) is 4.74 Å². The summed E-state index contributed by atoms with van der Waals surface area (Å²) in [5, 5.41) is 3.61. The maximum Gasteiger partial charge on any atom is 0.123 e. The van der Waals surface area contributed by atoms with Crippen LogP contribution in [0.3, 0.4) is 0 Å². The van der Waals surface area contributed by atoms with Gasteiger partial charge in [-0.15, -0.1) is 0 Å². The Hall–Kier alpha value is -0.930. The van der Waals surface area contributed by atoms with E-state index in [0.717, 1.165) is 43.5 Å². The molecule has 2 unspecified atom stereocenters. The summed E-state index contributed by atoms with van der Waals surface area (Å²) >= 11 is 0. The van der Waals surface area contributed by atoms with E-state index in [1.165, 1.54) is 12.0 Å². The van der Waals surface area contributed by atoms with Crippen molar-refractivity contribution in [2.24, 2.45) is 0 Å². The number of aryl methyl sites for hydroxylation is 2. The monoisotopic (exact) mass is 279 g/mol. The number of benzene rings is 1. The lowest BCUT2D eigenvalue weighted by molar-refractivity contribution is -0.00842. The standard InChI is InChI=1S/C17H26FNO/c1-4-8-19-17(15-7-5-6-9-20-15)16-12(2)10-14(18)11-13(16)3/h10-11,15,17,19H,4-9H2,1-3H3. The van der Waals surface area contributed by atoms with Gasteiger partial charge in [0.05, 0.1) is 12.1 Å². The van der Waals surface area contributed by atoms with Crippen LogP contribution < -0.4 is 5.32 Å². The van der Waals surface area contributed by atoms with Crippen LogP contribution >= 0.6 is 0 Å². The molecule has 2 rings (SSSR count). The van der Waals surface area contributed by atoms with Crippen molar-refractivity contribution in [2.45, 2.75) is 58.6 Å². The van der Waals surface area contributed by atoms with Crippen LogP contribution in [-0.4, -0.2) is 19.3 Å². The van der Waals surface area contributed by atoms with Gasteiger partial charge in [0.2, 0.25) is 0 Å². The minimum absolute atomic E-state index is 0.150. The Kier molecular flexibility index (Phi) is 5.55. The Labute approximate surface area is 121 Å². The lowest BCUT2D eigenvalue weighted by Gasteiger charge is -2.33. The molecule has 1 N–H and O–H groups in total. The van der Waals surface area contributed by atoms with Gasteiger partial charge in [0, 0.05) is 6.61 Å². The Bertz CT molecular complexity index is 418. The highest BCUT2D eigenvalue weighted by Crippen LogP contribution is 2.31. The second-order valence-electron chi connectivity index (χ2n) is 5.79. The lowest BCUT2D eigenvalue weighted by atomic mass is 9.89. The minimum Gasteiger partial charge on any atom is -0.376 e. The molecule has 1 aliphatic rings. The van der Waals surface area contributed by atoms with E-state index in [1.54, 1.807) is 12.1 Å². The van der Waals surface area contributed by atoms with Gasteiger partial charge in [-0.2, -0.15) is 0 Å². The van der Waals surface area contributed by atoms with Crippen LogP contribution in [0.1, 0.15) is 55.3 Å². The van der Waals surface area contributed by atoms with E-state index in [-0.39, 0.29) is 18.0 Å². The SMILES string of the molecule is CCCNC(c1c(C)cc(F)cc1C)C1CCCCO1. The summed E-state index contributed by atoms with van der Waals surface area (Å²) in [6, 6.07) is 3.44. The van der Waals surface area contributed by atoms with Crippen molar-refractivity contribution >= 4 is 0 Å². The molecule has 1 fully saturated rings. The number of rotatable bonds is 5. The molecule has 2 nitrogen and oxygen atoms in total. The molecule has 0 amide bonds. The molecule has 1 aromatic carbocycles. The van der Waals surface area contributed by atoms with Gasteiger partial charge in [-0.3, -0.25) is 0 Å². The highest BCUT2D eigenvalue weighted by atomic mass is 19.1. The van der Waals surface area contributed by atoms with Gasteiger partial charge in [0.1, 0.15) is 5.82 Å². The van der Waals surface area contributed by atoms with Crippen LogP contribution in [0, 0.1) is 19.7 Å². The molecule has 0 aliphatic carbocycles. The smallest absolute Gasteiger partial charge is 0.123 e. The predicted octanol–water partition coefficient (Wildman–Crippen LogP) is 4.05. The summed E-state index contributed by atoms with van der Waals surface area (Å²) in [5.41, 5.74) is 3.25. The van der Waals surface area contributed by atoms with Crippen LogP contribution in [-0.2, 0) is 4.74 Å². The topological polar surface area (TPSA) is 21.3 Å². The molecular formula is C17H26FNO. The number of hydrogen-bond acceptors (Lipinski definition) is 2. The average Bonchev–Trinajstić information content (AvgIpc) is 2.42. The summed E-state index contributed by atoms with van der Waals surface area (Å²) in [5.74, 6) is -0.150. The van der Waals surface area contributed by atoms with E-state index >= 15 is 0 Å². The fraction of sp³-hybridized carbons (Fsp3) is 0.647. The van der Waals surface area contributed by atoms with Crippen molar-refractivity contribution in [1.29, 1.82) is 0 Å². The van der Waals surface area contributed by atoms with Crippen LogP contribution in [0.15, 0.2) is 12.1 Å². The van der Waals surface area contributed by atoms with Crippen molar-refractivity contribution < 1.29 is 9.13 Å². The zero-order valence-corrected chi connectivity index (χ0v) is 12.8. The van der Waals surface area contributed by atoms with Crippen molar-refractivity contribution in [3.8, 4) is 0 Å². The van der Waals surface area contributed by atoms with Crippen LogP contribution in [0.4, 0.5) is 4.39 Å². The van der Waals surface area contributed by atoms with Gasteiger partial charge < -0.3 is 10.1 Å². The fourth-order valence-electron chi connectivity index (χ4n) is 3.16. The Morgan fingerprint density at radius 2 is 2.00 bits per heavy atom. The van der Waals surface area contributed by atoms with Gasteiger partial charge in [0.25, 0.3) is 0 Å². The highest BCUT2D eigenvalue weighted by molar-refractivity contribution is 5.37. The maximum absolute atomic E-state index is 13.5. The zero-order chi connectivity index (χ0) is 14.5. The molecule has 3 heteroatoms. The summed E-state index contributed by atoms with van der Waals surface area (Å²) in [7, 11) is 0. The molecule has 0 aromatic heterocycles. The zero-order valence-electron chi connectivity index (χ0n) is 12.8. The Balaban J connectivity index is 2.29. The lowest BCUT2D eigenvalue weighted by Crippen LogP contribution is -2.37. The molecule has 0 bridgehead atoms. The van der Waals surface area contributed by atoms with Gasteiger partial charge in [-0.1, -0.05) is 6.92 Å². The number of hydrogen-bond donors (Lipinski definition) is 1. The second kappa shape index (κ2) is 7.19. The molecule has 112 valence electrons. The van der Waals surface area contributed by atoms with E-state index in [9.17, 15) is 4.39 Å². The fourth-order valence-corrected chi connectivity index (χ4v) is 3.16. The van der Waals surface area contributed by atoms with Crippen LogP contribution in [0.2, 0.25) is 0 Å². The van der Waals surface area contributed by atoms with Gasteiger partial charge >= 0.3 is 0 Å². The van der Waals surface area contributed by atoms with Crippen LogP contribution in [0.5, 0.6) is 0 Å². The number of halogens is 1. The van der Waals surface area contributed by atoms with E-state index in [2.05, 4.69) is 12.2 Å². The Morgan fingerprint density at radius 3 is 2.55 bits per heavy atom. The molecule has 20 heavy (non-hydrogen) atoms. The Morgan fingerprint density at radius 1 is 1.30 bits per heavy atom. The predicted molar refractivity (Wildman–Crippen MR) is 80.5 cm³/mol. The van der Waals surface area contributed by atoms with Crippen molar-refractivity contribution in [3.05, 3.63) is 34.6 Å². The molecule has 1 heterocycles. The van der Waals surface area contributed by atoms with Gasteiger partial charge in [-0.25, -0.2) is 4.39 Å². The largest absolute Gasteiger partial charge is 0.376 e. The van der Waals surface area contributed by atoms with E-state index < -0.39 is 0 Å². The number of nitrogens with one attached hydrogen (secondary N) is 1. The third-order valence-electron chi connectivity index (χ3n) is 4.07. The molecule has 2 atom stereocenters. The molecule has 1 aromatic rings. The quantitative estimate of drug-likeness (QED) is 0.878. The van der Waals surface area contributed by atoms with E-state index in [0.29, 0.717) is 0 Å². The van der Waals surface area contributed by atoms with Crippen molar-refractivity contribution in [1.82, 2.24) is 5.32 Å². The summed E-state index contributed by atoms with van der Waals surface area (Å²) in [4.78, 5) is 0. The van der Waals surface area contributed by atoms with E-state index in [1.807, 2.05) is 13.8 Å². The molecule has 0 spiro atoms. The number of ether oxygens (including phenoxy) is 1. The second-order valence-corrected chi connectivity index (χ2v) is 5.79. The average molecular weight is 279 g/mol. The molecule has 1 aliphatic heterocycles. The first-order chi connectivity index (χ1) is 9.63. The van der Waals surface area contributed by atoms with Gasteiger partial charge in [0.15, 0.2) is 0 Å². The summed E-state index contributed by atoms with van der Waals surface area (Å²) in [6.07, 6.45) is 4.74. The first-order valence-corrected chi connectivity index (χ1v) is 7.75. The molecule has 1 saturated heterocycles. The maximum atomic E-state index is 13.5. The highest BCUT2D eigenvalue weighted by Gasteiger charge is 2.28. The minimum atomic E-state index is -0.150. The molecular weight excluding hydrogens is 253 g/mol. The first-order valence-electron chi connectivity index (χ1n) is 7.75. The third-order valence-corrected chi connectivity index (χ3v) is 4.07. The van der Waals surface area contributed by atoms with Crippen LogP contribution in [0.25, 0.3) is 0 Å². The first kappa shape index (κ1) is 15.5. The van der Waals surface area contributed by atoms with Crippen molar-refractivity contribution in [2.75, 3.05) is 13.2 Å².